The molecule has 1 atom stereocenters. The van der Waals surface area contributed by atoms with Gasteiger partial charge in [0.2, 0.25) is 0 Å². The lowest BCUT2D eigenvalue weighted by molar-refractivity contribution is 0.0882. The number of hydrogen-bond donors (Lipinski definition) is 1. The minimum Gasteiger partial charge on any atom is -0.491 e. The van der Waals surface area contributed by atoms with Crippen molar-refractivity contribution in [3.8, 4) is 5.75 Å². The number of hydrogen-bond acceptors (Lipinski definition) is 4. The quantitative estimate of drug-likeness (QED) is 0.881. The van der Waals surface area contributed by atoms with E-state index in [1.54, 1.807) is 19.2 Å². The van der Waals surface area contributed by atoms with Crippen LogP contribution in [0.1, 0.15) is 0 Å². The maximum Gasteiger partial charge on any atom is 0.345 e. The fourth-order valence-corrected chi connectivity index (χ4v) is 1.79. The molecule has 2 aromatic rings. The molecule has 1 unspecified atom stereocenters. The summed E-state index contributed by atoms with van der Waals surface area (Å²) < 4.78 is 8.93. The zero-order valence-electron chi connectivity index (χ0n) is 10.4. The van der Waals surface area contributed by atoms with Gasteiger partial charge in [0.1, 0.15) is 24.8 Å². The van der Waals surface area contributed by atoms with Crippen LogP contribution in [0.5, 0.6) is 5.75 Å². The van der Waals surface area contributed by atoms with E-state index in [1.807, 2.05) is 12.1 Å². The Kier molecular flexibility index (Phi) is 4.39. The molecule has 0 saturated heterocycles. The molecule has 0 spiro atoms. The van der Waals surface area contributed by atoms with Gasteiger partial charge in [-0.15, -0.1) is 0 Å². The van der Waals surface area contributed by atoms with E-state index in [2.05, 4.69) is 21.0 Å². The fourth-order valence-electron chi connectivity index (χ4n) is 1.52. The third kappa shape index (κ3) is 3.68. The van der Waals surface area contributed by atoms with Crippen molar-refractivity contribution in [3.05, 3.63) is 45.5 Å². The summed E-state index contributed by atoms with van der Waals surface area (Å²) in [4.78, 5) is 11.5. The number of aromatic nitrogens is 3. The molecule has 19 heavy (non-hydrogen) atoms. The number of aliphatic hydroxyl groups is 1. The van der Waals surface area contributed by atoms with Crippen molar-refractivity contribution in [3.63, 3.8) is 0 Å². The summed E-state index contributed by atoms with van der Waals surface area (Å²) in [6, 6.07) is 7.30. The number of aryl methyl sites for hydroxylation is 1. The van der Waals surface area contributed by atoms with Crippen LogP contribution in [0.2, 0.25) is 0 Å². The Bertz CT molecular complexity index is 591. The van der Waals surface area contributed by atoms with Gasteiger partial charge in [0.25, 0.3) is 0 Å². The maximum atomic E-state index is 11.5. The molecule has 0 aliphatic carbocycles. The molecule has 0 aliphatic heterocycles. The Hall–Kier alpha value is -1.60. The van der Waals surface area contributed by atoms with Crippen molar-refractivity contribution >= 4 is 15.9 Å². The van der Waals surface area contributed by atoms with E-state index in [9.17, 15) is 9.90 Å². The van der Waals surface area contributed by atoms with E-state index in [1.165, 1.54) is 15.6 Å². The van der Waals surface area contributed by atoms with Crippen molar-refractivity contribution in [2.75, 3.05) is 6.61 Å². The van der Waals surface area contributed by atoms with Crippen LogP contribution in [0.25, 0.3) is 0 Å². The smallest absolute Gasteiger partial charge is 0.345 e. The van der Waals surface area contributed by atoms with E-state index in [-0.39, 0.29) is 18.8 Å². The molecule has 0 amide bonds. The molecule has 7 heteroatoms. The topological polar surface area (TPSA) is 69.3 Å². The number of halogens is 1. The highest BCUT2D eigenvalue weighted by Gasteiger charge is 2.10. The molecule has 0 saturated carbocycles. The number of rotatable bonds is 5. The summed E-state index contributed by atoms with van der Waals surface area (Å²) in [7, 11) is 1.61. The van der Waals surface area contributed by atoms with Crippen LogP contribution in [0.4, 0.5) is 0 Å². The van der Waals surface area contributed by atoms with Crippen molar-refractivity contribution in [1.29, 1.82) is 0 Å². The van der Waals surface area contributed by atoms with E-state index in [0.29, 0.717) is 5.75 Å². The van der Waals surface area contributed by atoms with Crippen molar-refractivity contribution in [1.82, 2.24) is 14.3 Å². The van der Waals surface area contributed by atoms with Gasteiger partial charge >= 0.3 is 5.69 Å². The number of ether oxygens (including phenoxy) is 1. The van der Waals surface area contributed by atoms with Crippen LogP contribution in [-0.4, -0.2) is 32.2 Å². The van der Waals surface area contributed by atoms with E-state index in [4.69, 9.17) is 4.74 Å². The highest BCUT2D eigenvalue weighted by molar-refractivity contribution is 9.10. The molecule has 0 aliphatic rings. The van der Waals surface area contributed by atoms with E-state index >= 15 is 0 Å². The Morgan fingerprint density at radius 1 is 1.42 bits per heavy atom. The summed E-state index contributed by atoms with van der Waals surface area (Å²) >= 11 is 3.33. The minimum atomic E-state index is -0.795. The first kappa shape index (κ1) is 13.8. The molecular weight excluding hydrogens is 314 g/mol. The normalized spacial score (nSPS) is 12.4. The molecular formula is C12H14BrN3O3. The van der Waals surface area contributed by atoms with Gasteiger partial charge in [0, 0.05) is 11.5 Å². The average Bonchev–Trinajstić information content (AvgIpc) is 2.70. The Labute approximate surface area is 118 Å². The lowest BCUT2D eigenvalue weighted by atomic mass is 10.3. The standard InChI is InChI=1S/C12H14BrN3O3/c1-15-8-14-16(12(15)18)6-10(17)7-19-11-4-2-9(13)3-5-11/h2-5,8,10,17H,6-7H2,1H3. The summed E-state index contributed by atoms with van der Waals surface area (Å²) in [5.74, 6) is 0.663. The van der Waals surface area contributed by atoms with E-state index in [0.717, 1.165) is 4.47 Å². The van der Waals surface area contributed by atoms with Crippen LogP contribution in [0, 0.1) is 0 Å². The fraction of sp³-hybridized carbons (Fsp3) is 0.333. The zero-order chi connectivity index (χ0) is 13.8. The molecule has 1 aromatic carbocycles. The van der Waals surface area contributed by atoms with Crippen LogP contribution >= 0.6 is 15.9 Å². The molecule has 0 fully saturated rings. The first-order valence-corrected chi connectivity index (χ1v) is 6.50. The Morgan fingerprint density at radius 2 is 2.11 bits per heavy atom. The van der Waals surface area contributed by atoms with Gasteiger partial charge in [-0.05, 0) is 24.3 Å². The molecule has 1 N–H and O–H groups in total. The second-order valence-electron chi connectivity index (χ2n) is 4.13. The summed E-state index contributed by atoms with van der Waals surface area (Å²) in [6.45, 7) is 0.209. The van der Waals surface area contributed by atoms with Crippen LogP contribution < -0.4 is 10.4 Å². The Morgan fingerprint density at radius 3 is 2.68 bits per heavy atom. The molecule has 0 bridgehead atoms. The molecule has 1 heterocycles. The van der Waals surface area contributed by atoms with Gasteiger partial charge in [-0.25, -0.2) is 9.48 Å². The average molecular weight is 328 g/mol. The zero-order valence-corrected chi connectivity index (χ0v) is 11.9. The maximum absolute atomic E-state index is 11.5. The van der Waals surface area contributed by atoms with Crippen molar-refractivity contribution in [2.24, 2.45) is 7.05 Å². The number of benzene rings is 1. The largest absolute Gasteiger partial charge is 0.491 e. The predicted molar refractivity (Wildman–Crippen MR) is 73.1 cm³/mol. The van der Waals surface area contributed by atoms with Gasteiger partial charge < -0.3 is 9.84 Å². The molecule has 2 rings (SSSR count). The molecule has 0 radical (unpaired) electrons. The van der Waals surface area contributed by atoms with Gasteiger partial charge in [-0.1, -0.05) is 15.9 Å². The molecule has 102 valence electrons. The predicted octanol–water partition coefficient (Wildman–Crippen LogP) is 0.784. The van der Waals surface area contributed by atoms with Gasteiger partial charge in [-0.2, -0.15) is 5.10 Å². The SMILES string of the molecule is Cn1cnn(CC(O)COc2ccc(Br)cc2)c1=O. The second-order valence-corrected chi connectivity index (χ2v) is 5.04. The van der Waals surface area contributed by atoms with Crippen molar-refractivity contribution < 1.29 is 9.84 Å². The highest BCUT2D eigenvalue weighted by Crippen LogP contribution is 2.16. The molecule has 6 nitrogen and oxygen atoms in total. The lowest BCUT2D eigenvalue weighted by Crippen LogP contribution is -2.31. The van der Waals surface area contributed by atoms with E-state index < -0.39 is 6.10 Å². The van der Waals surface area contributed by atoms with Crippen LogP contribution in [0.15, 0.2) is 39.9 Å². The van der Waals surface area contributed by atoms with Crippen molar-refractivity contribution in [2.45, 2.75) is 12.6 Å². The van der Waals surface area contributed by atoms with Gasteiger partial charge in [0.05, 0.1) is 6.54 Å². The Balaban J connectivity index is 1.88. The highest BCUT2D eigenvalue weighted by atomic mass is 79.9. The van der Waals surface area contributed by atoms with Gasteiger partial charge in [0.15, 0.2) is 0 Å². The van der Waals surface area contributed by atoms with Crippen LogP contribution in [-0.2, 0) is 13.6 Å². The number of aliphatic hydroxyl groups excluding tert-OH is 1. The first-order valence-electron chi connectivity index (χ1n) is 5.71. The minimum absolute atomic E-state index is 0.102. The van der Waals surface area contributed by atoms with Gasteiger partial charge in [-0.3, -0.25) is 4.57 Å². The monoisotopic (exact) mass is 327 g/mol. The third-order valence-electron chi connectivity index (χ3n) is 2.53. The summed E-state index contributed by atoms with van der Waals surface area (Å²) in [5, 5.41) is 13.7. The first-order chi connectivity index (χ1) is 9.06. The lowest BCUT2D eigenvalue weighted by Gasteiger charge is -2.11. The molecule has 1 aromatic heterocycles. The van der Waals surface area contributed by atoms with Crippen LogP contribution in [0.3, 0.4) is 0 Å². The third-order valence-corrected chi connectivity index (χ3v) is 3.06. The summed E-state index contributed by atoms with van der Waals surface area (Å²) in [5.41, 5.74) is -0.261. The second kappa shape index (κ2) is 6.03. The number of nitrogens with zero attached hydrogens (tertiary/aromatic N) is 3. The summed E-state index contributed by atoms with van der Waals surface area (Å²) in [6.07, 6.45) is 0.612.